The van der Waals surface area contributed by atoms with Gasteiger partial charge in [0, 0.05) is 5.56 Å². The van der Waals surface area contributed by atoms with Gasteiger partial charge in [0.05, 0.1) is 0 Å². The monoisotopic (exact) mass is 232 g/mol. The maximum absolute atomic E-state index is 5.48. The van der Waals surface area contributed by atoms with E-state index in [0.29, 0.717) is 5.41 Å². The SMILES string of the molecule is Cc1cc(C(C)(C)CC(C)(C)C)cc2c1OC2. The molecular weight excluding hydrogens is 208 g/mol. The summed E-state index contributed by atoms with van der Waals surface area (Å²) < 4.78 is 5.48. The molecule has 1 heterocycles. The minimum atomic E-state index is 0.230. The van der Waals surface area contributed by atoms with Crippen molar-refractivity contribution >= 4 is 0 Å². The third-order valence-corrected chi connectivity index (χ3v) is 3.48. The summed E-state index contributed by atoms with van der Waals surface area (Å²) >= 11 is 0. The Morgan fingerprint density at radius 3 is 2.18 bits per heavy atom. The highest BCUT2D eigenvalue weighted by Gasteiger charge is 2.29. The number of rotatable bonds is 2. The molecule has 0 saturated heterocycles. The number of hydrogen-bond donors (Lipinski definition) is 0. The van der Waals surface area contributed by atoms with Gasteiger partial charge >= 0.3 is 0 Å². The van der Waals surface area contributed by atoms with Gasteiger partial charge < -0.3 is 4.74 Å². The van der Waals surface area contributed by atoms with Crippen LogP contribution in [0.15, 0.2) is 12.1 Å². The first kappa shape index (κ1) is 12.5. The zero-order valence-corrected chi connectivity index (χ0v) is 12.0. The fourth-order valence-electron chi connectivity index (χ4n) is 3.05. The van der Waals surface area contributed by atoms with Crippen LogP contribution in [0, 0.1) is 12.3 Å². The lowest BCUT2D eigenvalue weighted by Crippen LogP contribution is -2.26. The van der Waals surface area contributed by atoms with Crippen LogP contribution >= 0.6 is 0 Å². The predicted octanol–water partition coefficient (Wildman–Crippen LogP) is 4.60. The van der Waals surface area contributed by atoms with Crippen LogP contribution in [0.2, 0.25) is 0 Å². The van der Waals surface area contributed by atoms with E-state index >= 15 is 0 Å². The molecular formula is C16H24O. The van der Waals surface area contributed by atoms with E-state index in [2.05, 4.69) is 53.7 Å². The van der Waals surface area contributed by atoms with Gasteiger partial charge in [-0.1, -0.05) is 40.7 Å². The highest BCUT2D eigenvalue weighted by molar-refractivity contribution is 5.49. The Morgan fingerprint density at radius 2 is 1.76 bits per heavy atom. The highest BCUT2D eigenvalue weighted by atomic mass is 16.5. The van der Waals surface area contributed by atoms with Crippen molar-refractivity contribution in [3.05, 3.63) is 28.8 Å². The van der Waals surface area contributed by atoms with E-state index in [9.17, 15) is 0 Å². The van der Waals surface area contributed by atoms with Gasteiger partial charge in [0.15, 0.2) is 0 Å². The van der Waals surface area contributed by atoms with E-state index in [-0.39, 0.29) is 5.41 Å². The van der Waals surface area contributed by atoms with Crippen LogP contribution < -0.4 is 4.74 Å². The molecule has 0 unspecified atom stereocenters. The van der Waals surface area contributed by atoms with Gasteiger partial charge in [-0.25, -0.2) is 0 Å². The van der Waals surface area contributed by atoms with Crippen molar-refractivity contribution in [2.75, 3.05) is 0 Å². The smallest absolute Gasteiger partial charge is 0.129 e. The van der Waals surface area contributed by atoms with Crippen molar-refractivity contribution in [2.24, 2.45) is 5.41 Å². The Bertz CT molecular complexity index is 418. The van der Waals surface area contributed by atoms with E-state index in [1.165, 1.54) is 23.1 Å². The van der Waals surface area contributed by atoms with E-state index in [0.717, 1.165) is 12.4 Å². The summed E-state index contributed by atoms with van der Waals surface area (Å²) in [5, 5.41) is 0. The standard InChI is InChI=1S/C16H24O/c1-11-7-13(8-12-9-17-14(11)12)16(5,6)10-15(2,3)4/h7-8H,9-10H2,1-6H3. The first-order valence-corrected chi connectivity index (χ1v) is 6.46. The quantitative estimate of drug-likeness (QED) is 0.724. The lowest BCUT2D eigenvalue weighted by atomic mass is 9.71. The average Bonchev–Trinajstić information content (AvgIpc) is 2.03. The van der Waals surface area contributed by atoms with Crippen molar-refractivity contribution in [1.82, 2.24) is 0 Å². The van der Waals surface area contributed by atoms with Gasteiger partial charge in [0.2, 0.25) is 0 Å². The van der Waals surface area contributed by atoms with Crippen molar-refractivity contribution in [2.45, 2.75) is 60.0 Å². The summed E-state index contributed by atoms with van der Waals surface area (Å²) in [6.07, 6.45) is 1.19. The van der Waals surface area contributed by atoms with Crippen LogP contribution in [0.25, 0.3) is 0 Å². The summed E-state index contributed by atoms with van der Waals surface area (Å²) in [5.41, 5.74) is 4.70. The maximum Gasteiger partial charge on any atom is 0.129 e. The molecule has 17 heavy (non-hydrogen) atoms. The molecule has 0 bridgehead atoms. The van der Waals surface area contributed by atoms with E-state index in [4.69, 9.17) is 4.74 Å². The van der Waals surface area contributed by atoms with Crippen LogP contribution in [-0.2, 0) is 12.0 Å². The van der Waals surface area contributed by atoms with Crippen LogP contribution in [0.3, 0.4) is 0 Å². The Hall–Kier alpha value is -0.980. The number of aryl methyl sites for hydroxylation is 1. The number of fused-ring (bicyclic) bond motifs is 1. The molecule has 1 aromatic carbocycles. The molecule has 1 heteroatoms. The number of benzene rings is 1. The second-order valence-corrected chi connectivity index (χ2v) is 7.19. The molecule has 0 spiro atoms. The van der Waals surface area contributed by atoms with Crippen molar-refractivity contribution in [3.63, 3.8) is 0 Å². The first-order chi connectivity index (χ1) is 7.69. The average molecular weight is 232 g/mol. The molecule has 0 atom stereocenters. The van der Waals surface area contributed by atoms with Crippen molar-refractivity contribution < 1.29 is 4.74 Å². The van der Waals surface area contributed by atoms with Crippen LogP contribution in [0.1, 0.15) is 57.7 Å². The normalized spacial score (nSPS) is 14.9. The molecule has 0 fully saturated rings. The van der Waals surface area contributed by atoms with E-state index in [1.807, 2.05) is 0 Å². The Kier molecular flexibility index (Phi) is 2.76. The van der Waals surface area contributed by atoms with Crippen molar-refractivity contribution in [1.29, 1.82) is 0 Å². The molecule has 0 radical (unpaired) electrons. The minimum absolute atomic E-state index is 0.230. The second kappa shape index (κ2) is 3.76. The molecule has 0 aromatic heterocycles. The summed E-state index contributed by atoms with van der Waals surface area (Å²) in [5.74, 6) is 1.11. The maximum atomic E-state index is 5.48. The fourth-order valence-corrected chi connectivity index (χ4v) is 3.05. The summed E-state index contributed by atoms with van der Waals surface area (Å²) in [4.78, 5) is 0. The van der Waals surface area contributed by atoms with E-state index < -0.39 is 0 Å². The molecule has 1 aliphatic heterocycles. The van der Waals surface area contributed by atoms with E-state index in [1.54, 1.807) is 0 Å². The number of hydrogen-bond acceptors (Lipinski definition) is 1. The summed E-state index contributed by atoms with van der Waals surface area (Å²) in [6.45, 7) is 14.6. The van der Waals surface area contributed by atoms with Crippen molar-refractivity contribution in [3.8, 4) is 5.75 Å². The Morgan fingerprint density at radius 1 is 1.12 bits per heavy atom. The molecule has 0 saturated carbocycles. The lowest BCUT2D eigenvalue weighted by molar-refractivity contribution is 0.238. The molecule has 2 rings (SSSR count). The van der Waals surface area contributed by atoms with Gasteiger partial charge in [-0.3, -0.25) is 0 Å². The largest absolute Gasteiger partial charge is 0.488 e. The zero-order chi connectivity index (χ0) is 12.8. The van der Waals surface area contributed by atoms with Gasteiger partial charge in [0.25, 0.3) is 0 Å². The third kappa shape index (κ3) is 2.48. The summed E-state index contributed by atoms with van der Waals surface area (Å²) in [7, 11) is 0. The fraction of sp³-hybridized carbons (Fsp3) is 0.625. The second-order valence-electron chi connectivity index (χ2n) is 7.19. The molecule has 0 aliphatic carbocycles. The van der Waals surface area contributed by atoms with Gasteiger partial charge in [0.1, 0.15) is 12.4 Å². The molecule has 1 aromatic rings. The summed E-state index contributed by atoms with van der Waals surface area (Å²) in [6, 6.07) is 4.63. The molecule has 1 nitrogen and oxygen atoms in total. The van der Waals surface area contributed by atoms with Gasteiger partial charge in [-0.05, 0) is 41.4 Å². The Labute approximate surface area is 105 Å². The van der Waals surface area contributed by atoms with Gasteiger partial charge in [-0.2, -0.15) is 0 Å². The van der Waals surface area contributed by atoms with Crippen LogP contribution in [0.5, 0.6) is 5.75 Å². The Balaban J connectivity index is 2.33. The topological polar surface area (TPSA) is 9.23 Å². The van der Waals surface area contributed by atoms with Crippen LogP contribution in [-0.4, -0.2) is 0 Å². The molecule has 0 N–H and O–H groups in total. The molecule has 1 aliphatic rings. The highest BCUT2D eigenvalue weighted by Crippen LogP contribution is 2.41. The predicted molar refractivity (Wildman–Crippen MR) is 72.6 cm³/mol. The minimum Gasteiger partial charge on any atom is -0.488 e. The molecule has 94 valence electrons. The number of ether oxygens (including phenoxy) is 1. The lowest BCUT2D eigenvalue weighted by Gasteiger charge is -2.35. The third-order valence-electron chi connectivity index (χ3n) is 3.48. The van der Waals surface area contributed by atoms with Gasteiger partial charge in [-0.15, -0.1) is 0 Å². The van der Waals surface area contributed by atoms with Crippen LogP contribution in [0.4, 0.5) is 0 Å². The first-order valence-electron chi connectivity index (χ1n) is 6.46. The zero-order valence-electron chi connectivity index (χ0n) is 12.0. The molecule has 0 amide bonds.